The minimum atomic E-state index is -0.423. The fourth-order valence-corrected chi connectivity index (χ4v) is 2.33. The molecule has 0 amide bonds. The Morgan fingerprint density at radius 2 is 2.21 bits per heavy atom. The zero-order valence-electron chi connectivity index (χ0n) is 13.8. The maximum atomic E-state index is 12.8. The van der Waals surface area contributed by atoms with Crippen molar-refractivity contribution in [1.82, 2.24) is 10.2 Å². The van der Waals surface area contributed by atoms with E-state index < -0.39 is 5.82 Å². The van der Waals surface area contributed by atoms with Gasteiger partial charge in [0.2, 0.25) is 0 Å². The lowest BCUT2D eigenvalue weighted by molar-refractivity contribution is -0.103. The number of nitrogens with zero attached hydrogens (tertiary/aromatic N) is 1. The van der Waals surface area contributed by atoms with E-state index in [1.807, 2.05) is 13.8 Å². The van der Waals surface area contributed by atoms with Gasteiger partial charge in [-0.25, -0.2) is 14.9 Å². The second-order valence-corrected chi connectivity index (χ2v) is 5.97. The zero-order chi connectivity index (χ0) is 18.4. The summed E-state index contributed by atoms with van der Waals surface area (Å²) >= 11 is 4.19. The van der Waals surface area contributed by atoms with Crippen LogP contribution in [-0.4, -0.2) is 23.9 Å². The molecule has 0 spiro atoms. The molecule has 1 aromatic carbocycles. The maximum Gasteiger partial charge on any atom is 0.190 e. The Balaban J connectivity index is 0.000000447. The van der Waals surface area contributed by atoms with Crippen LogP contribution in [0.4, 0.5) is 10.1 Å². The van der Waals surface area contributed by atoms with E-state index in [9.17, 15) is 9.18 Å². The van der Waals surface area contributed by atoms with Crippen molar-refractivity contribution in [3.05, 3.63) is 28.5 Å². The number of hydroxylamine groups is 1. The number of carbonyl (C=O) groups is 1. The molecule has 0 saturated heterocycles. The number of halogens is 2. The second kappa shape index (κ2) is 14.4. The van der Waals surface area contributed by atoms with Gasteiger partial charge in [0.05, 0.1) is 10.2 Å². The molecular formula is C15H24BrFN4O2S. The van der Waals surface area contributed by atoms with Crippen molar-refractivity contribution in [2.75, 3.05) is 6.54 Å². The number of hydrogen-bond acceptors (Lipinski definition) is 6. The van der Waals surface area contributed by atoms with Crippen LogP contribution in [0.25, 0.3) is 0 Å². The summed E-state index contributed by atoms with van der Waals surface area (Å²) in [4.78, 5) is 13.9. The van der Waals surface area contributed by atoms with Crippen molar-refractivity contribution in [3.63, 3.8) is 0 Å². The number of hydrogen-bond donors (Lipinski definition) is 4. The van der Waals surface area contributed by atoms with Crippen LogP contribution in [0.15, 0.2) is 27.7 Å². The summed E-state index contributed by atoms with van der Waals surface area (Å²) in [5.41, 5.74) is 1.96. The molecule has 0 bridgehead atoms. The van der Waals surface area contributed by atoms with Crippen LogP contribution in [0.2, 0.25) is 0 Å². The van der Waals surface area contributed by atoms with Gasteiger partial charge in [0.1, 0.15) is 5.82 Å². The van der Waals surface area contributed by atoms with E-state index in [2.05, 4.69) is 25.6 Å². The quantitative estimate of drug-likeness (QED) is 0.189. The number of carbonyl (C=O) groups excluding carboxylic acids is 1. The Hall–Kier alpha value is -1.00. The Kier molecular flexibility index (Phi) is 13.8. The third kappa shape index (κ3) is 9.33. The van der Waals surface area contributed by atoms with Gasteiger partial charge in [-0.3, -0.25) is 19.9 Å². The Morgan fingerprint density at radius 1 is 1.54 bits per heavy atom. The van der Waals surface area contributed by atoms with Gasteiger partial charge in [-0.1, -0.05) is 20.3 Å². The number of nitrogens with two attached hydrogens (primary N) is 1. The van der Waals surface area contributed by atoms with Gasteiger partial charge in [-0.05, 0) is 52.9 Å². The predicted octanol–water partition coefficient (Wildman–Crippen LogP) is 3.72. The number of aliphatic imine (C=N–C) groups is 1. The molecule has 1 aliphatic rings. The molecule has 24 heavy (non-hydrogen) atoms. The first-order valence-electron chi connectivity index (χ1n) is 7.58. The zero-order valence-corrected chi connectivity index (χ0v) is 16.2. The molecule has 0 aliphatic heterocycles. The molecule has 0 aromatic heterocycles. The summed E-state index contributed by atoms with van der Waals surface area (Å²) in [7, 11) is 0. The lowest BCUT2D eigenvalue weighted by atomic mass is 9.86. The molecule has 2 rings (SSSR count). The van der Waals surface area contributed by atoms with E-state index in [1.165, 1.54) is 49.6 Å². The van der Waals surface area contributed by atoms with Crippen molar-refractivity contribution < 1.29 is 14.4 Å². The Bertz CT molecular complexity index is 516. The first-order chi connectivity index (χ1) is 11.6. The van der Waals surface area contributed by atoms with Crippen molar-refractivity contribution in [2.45, 2.75) is 33.1 Å². The van der Waals surface area contributed by atoms with Crippen LogP contribution < -0.4 is 15.3 Å². The maximum absolute atomic E-state index is 12.8. The summed E-state index contributed by atoms with van der Waals surface area (Å²) in [6.45, 7) is 5.10. The molecule has 136 valence electrons. The molecule has 0 unspecified atom stereocenters. The van der Waals surface area contributed by atoms with E-state index in [4.69, 9.17) is 10.3 Å². The SMILES string of the molecule is CC.NSNCC1CCC1.O=CC(=Nc1ccc(F)c(Br)c1)NO. The molecule has 5 N–H and O–H groups in total. The van der Waals surface area contributed by atoms with Gasteiger partial charge in [0.15, 0.2) is 12.1 Å². The number of aldehydes is 1. The van der Waals surface area contributed by atoms with Gasteiger partial charge in [-0.15, -0.1) is 0 Å². The third-order valence-corrected chi connectivity index (χ3v) is 4.00. The molecule has 0 heterocycles. The molecule has 1 aromatic rings. The molecular weight excluding hydrogens is 399 g/mol. The Labute approximate surface area is 154 Å². The Morgan fingerprint density at radius 3 is 2.62 bits per heavy atom. The van der Waals surface area contributed by atoms with Crippen molar-refractivity contribution in [1.29, 1.82) is 0 Å². The van der Waals surface area contributed by atoms with Gasteiger partial charge in [-0.2, -0.15) is 0 Å². The smallest absolute Gasteiger partial charge is 0.190 e. The first kappa shape index (κ1) is 23.0. The van der Waals surface area contributed by atoms with Gasteiger partial charge < -0.3 is 0 Å². The van der Waals surface area contributed by atoms with Crippen LogP contribution in [0.3, 0.4) is 0 Å². The largest absolute Gasteiger partial charge is 0.294 e. The van der Waals surface area contributed by atoms with Crippen molar-refractivity contribution in [2.24, 2.45) is 16.0 Å². The summed E-state index contributed by atoms with van der Waals surface area (Å²) in [5.74, 6) is 0.253. The van der Waals surface area contributed by atoms with Crippen LogP contribution in [0, 0.1) is 11.7 Å². The summed E-state index contributed by atoms with van der Waals surface area (Å²) in [6.07, 6.45) is 4.56. The van der Waals surface area contributed by atoms with E-state index in [0.717, 1.165) is 12.5 Å². The number of benzene rings is 1. The highest BCUT2D eigenvalue weighted by Crippen LogP contribution is 2.25. The van der Waals surface area contributed by atoms with E-state index >= 15 is 0 Å². The number of rotatable bonds is 5. The summed E-state index contributed by atoms with van der Waals surface area (Å²) in [6, 6.07) is 3.96. The normalized spacial score (nSPS) is 13.7. The van der Waals surface area contributed by atoms with Crippen LogP contribution in [-0.2, 0) is 4.79 Å². The third-order valence-electron chi connectivity index (χ3n) is 3.06. The van der Waals surface area contributed by atoms with E-state index in [-0.39, 0.29) is 10.3 Å². The van der Waals surface area contributed by atoms with Gasteiger partial charge in [0, 0.05) is 18.7 Å². The van der Waals surface area contributed by atoms with Gasteiger partial charge >= 0.3 is 0 Å². The molecule has 0 atom stereocenters. The van der Waals surface area contributed by atoms with Crippen LogP contribution in [0.5, 0.6) is 0 Å². The molecule has 1 aliphatic carbocycles. The molecule has 0 radical (unpaired) electrons. The predicted molar refractivity (Wildman–Crippen MR) is 101 cm³/mol. The topological polar surface area (TPSA) is 99.7 Å². The minimum absolute atomic E-state index is 0.238. The molecule has 9 heteroatoms. The lowest BCUT2D eigenvalue weighted by Crippen LogP contribution is -2.23. The van der Waals surface area contributed by atoms with Gasteiger partial charge in [0.25, 0.3) is 0 Å². The summed E-state index contributed by atoms with van der Waals surface area (Å²) in [5, 5.41) is 13.6. The fraction of sp³-hybridized carbons (Fsp3) is 0.467. The average Bonchev–Trinajstić information content (AvgIpc) is 2.57. The van der Waals surface area contributed by atoms with Crippen molar-refractivity contribution >= 4 is 45.9 Å². The highest BCUT2D eigenvalue weighted by Gasteiger charge is 2.15. The second-order valence-electron chi connectivity index (χ2n) is 4.59. The minimum Gasteiger partial charge on any atom is -0.294 e. The number of amidine groups is 1. The number of nitrogens with one attached hydrogen (secondary N) is 2. The van der Waals surface area contributed by atoms with E-state index in [0.29, 0.717) is 12.0 Å². The molecule has 6 nitrogen and oxygen atoms in total. The molecule has 1 saturated carbocycles. The van der Waals surface area contributed by atoms with Crippen molar-refractivity contribution in [3.8, 4) is 0 Å². The first-order valence-corrected chi connectivity index (χ1v) is 9.25. The highest BCUT2D eigenvalue weighted by molar-refractivity contribution is 9.10. The highest BCUT2D eigenvalue weighted by atomic mass is 79.9. The standard InChI is InChI=1S/C8H6BrFN2O2.C5H12N2S.C2H6/c9-6-3-5(1-2-7(6)10)11-8(4-13)12-14;6-8-7-4-5-2-1-3-5;1-2/h1-4,14H,(H,11,12);5,7H,1-4,6H2;1-2H3. The van der Waals surface area contributed by atoms with E-state index in [1.54, 1.807) is 5.48 Å². The summed E-state index contributed by atoms with van der Waals surface area (Å²) < 4.78 is 16.1. The van der Waals surface area contributed by atoms with Crippen LogP contribution in [0.1, 0.15) is 33.1 Å². The molecule has 1 fully saturated rings. The fourth-order valence-electron chi connectivity index (χ4n) is 1.63. The monoisotopic (exact) mass is 422 g/mol. The lowest BCUT2D eigenvalue weighted by Gasteiger charge is -2.24. The van der Waals surface area contributed by atoms with Crippen LogP contribution >= 0.6 is 28.1 Å². The average molecular weight is 423 g/mol.